The Labute approximate surface area is 192 Å². The van der Waals surface area contributed by atoms with Crippen LogP contribution in [0.5, 0.6) is 5.75 Å². The summed E-state index contributed by atoms with van der Waals surface area (Å²) in [5.74, 6) is -0.0844. The number of alkyl halides is 3. The lowest BCUT2D eigenvalue weighted by atomic mass is 9.85. The van der Waals surface area contributed by atoms with E-state index in [-0.39, 0.29) is 11.2 Å². The number of ether oxygens (including phenoxy) is 2. The van der Waals surface area contributed by atoms with Gasteiger partial charge in [0.1, 0.15) is 17.9 Å². The summed E-state index contributed by atoms with van der Waals surface area (Å²) in [5, 5.41) is 2.67. The second-order valence-electron chi connectivity index (χ2n) is 8.41. The Bertz CT molecular complexity index is 1180. The number of benzene rings is 1. The number of nitrogens with one attached hydrogen (secondary N) is 1. The zero-order valence-corrected chi connectivity index (χ0v) is 17.9. The summed E-state index contributed by atoms with van der Waals surface area (Å²) in [6.45, 7) is 3.12. The van der Waals surface area contributed by atoms with E-state index in [9.17, 15) is 18.0 Å². The monoisotopic (exact) mass is 471 g/mol. The quantitative estimate of drug-likeness (QED) is 0.603. The second-order valence-corrected chi connectivity index (χ2v) is 8.41. The van der Waals surface area contributed by atoms with Crippen LogP contribution in [-0.4, -0.2) is 53.5 Å². The lowest BCUT2D eigenvalue weighted by Gasteiger charge is -2.37. The molecule has 4 heterocycles. The van der Waals surface area contributed by atoms with Crippen LogP contribution in [0.2, 0.25) is 0 Å². The third-order valence-electron chi connectivity index (χ3n) is 5.90. The number of amides is 1. The van der Waals surface area contributed by atoms with E-state index in [0.29, 0.717) is 11.3 Å². The van der Waals surface area contributed by atoms with Crippen molar-refractivity contribution < 1.29 is 27.4 Å². The van der Waals surface area contributed by atoms with Gasteiger partial charge in [-0.3, -0.25) is 4.79 Å². The number of nitrogens with zero attached hydrogens (tertiary/aromatic N) is 4. The number of aromatic nitrogens is 3. The van der Waals surface area contributed by atoms with Gasteiger partial charge in [-0.1, -0.05) is 0 Å². The molecule has 0 aliphatic carbocycles. The molecule has 2 aromatic heterocycles. The number of halogens is 3. The molecule has 5 rings (SSSR count). The molecule has 0 saturated carbocycles. The molecule has 2 saturated heterocycles. The van der Waals surface area contributed by atoms with Crippen LogP contribution in [0.4, 0.5) is 24.7 Å². The molecule has 0 atom stereocenters. The maximum atomic E-state index is 12.9. The van der Waals surface area contributed by atoms with E-state index < -0.39 is 12.3 Å². The van der Waals surface area contributed by atoms with Crippen molar-refractivity contribution in [3.05, 3.63) is 60.8 Å². The van der Waals surface area contributed by atoms with Gasteiger partial charge in [-0.15, -0.1) is 13.2 Å². The highest BCUT2D eigenvalue weighted by Gasteiger charge is 2.45. The molecule has 2 aliphatic heterocycles. The Morgan fingerprint density at radius 3 is 2.47 bits per heavy atom. The molecule has 1 spiro atoms. The fourth-order valence-corrected chi connectivity index (χ4v) is 4.17. The van der Waals surface area contributed by atoms with Crippen molar-refractivity contribution in [1.82, 2.24) is 15.0 Å². The van der Waals surface area contributed by atoms with E-state index in [4.69, 9.17) is 4.74 Å². The van der Waals surface area contributed by atoms with Crippen molar-refractivity contribution in [3.63, 3.8) is 0 Å². The normalized spacial score (nSPS) is 16.9. The van der Waals surface area contributed by atoms with E-state index in [2.05, 4.69) is 29.9 Å². The van der Waals surface area contributed by atoms with Crippen molar-refractivity contribution in [2.24, 2.45) is 5.41 Å². The van der Waals surface area contributed by atoms with Gasteiger partial charge in [-0.05, 0) is 36.8 Å². The molecule has 2 aliphatic rings. The first kappa shape index (κ1) is 22.1. The average molecular weight is 471 g/mol. The number of rotatable bonds is 5. The molecule has 0 radical (unpaired) electrons. The molecule has 0 bridgehead atoms. The standard InChI is InChI=1S/C23H20F3N5O3/c24-23(25,26)34-18-3-1-17(2-4-18)30-21(32)15-7-19(16-8-27-14-28-9-16)20(29-10-15)31-6-5-22(11-31)12-33-13-22/h1-4,7-10,14H,5-6,11-13H2,(H,30,32). The van der Waals surface area contributed by atoms with Gasteiger partial charge in [-0.2, -0.15) is 0 Å². The van der Waals surface area contributed by atoms with Crippen LogP contribution < -0.4 is 15.0 Å². The highest BCUT2D eigenvalue weighted by atomic mass is 19.4. The van der Waals surface area contributed by atoms with Crippen LogP contribution in [-0.2, 0) is 4.74 Å². The van der Waals surface area contributed by atoms with Gasteiger partial charge in [0.05, 0.1) is 18.8 Å². The van der Waals surface area contributed by atoms with E-state index >= 15 is 0 Å². The Morgan fingerprint density at radius 1 is 1.12 bits per heavy atom. The van der Waals surface area contributed by atoms with E-state index in [0.717, 1.165) is 61.8 Å². The van der Waals surface area contributed by atoms with Gasteiger partial charge in [0.25, 0.3) is 5.91 Å². The molecular weight excluding hydrogens is 451 g/mol. The molecule has 3 aromatic rings. The third-order valence-corrected chi connectivity index (χ3v) is 5.90. The number of hydrogen-bond acceptors (Lipinski definition) is 7. The fraction of sp³-hybridized carbons (Fsp3) is 0.304. The highest BCUT2D eigenvalue weighted by Crippen LogP contribution is 2.41. The first-order valence-electron chi connectivity index (χ1n) is 10.6. The Kier molecular flexibility index (Phi) is 5.56. The van der Waals surface area contributed by atoms with Gasteiger partial charge in [0.2, 0.25) is 0 Å². The maximum Gasteiger partial charge on any atom is 0.573 e. The van der Waals surface area contributed by atoms with E-state index in [1.807, 2.05) is 0 Å². The van der Waals surface area contributed by atoms with Crippen LogP contribution >= 0.6 is 0 Å². The zero-order valence-electron chi connectivity index (χ0n) is 17.9. The average Bonchev–Trinajstić information content (AvgIpc) is 3.26. The van der Waals surface area contributed by atoms with E-state index in [1.54, 1.807) is 18.5 Å². The lowest BCUT2D eigenvalue weighted by molar-refractivity contribution is -0.274. The molecular formula is C23H20F3N5O3. The van der Waals surface area contributed by atoms with Crippen molar-refractivity contribution >= 4 is 17.4 Å². The maximum absolute atomic E-state index is 12.9. The molecule has 8 nitrogen and oxygen atoms in total. The molecule has 1 amide bonds. The Balaban J connectivity index is 1.38. The van der Waals surface area contributed by atoms with Crippen LogP contribution in [0.1, 0.15) is 16.8 Å². The van der Waals surface area contributed by atoms with Crippen LogP contribution in [0.15, 0.2) is 55.2 Å². The summed E-state index contributed by atoms with van der Waals surface area (Å²) >= 11 is 0. The molecule has 1 aromatic carbocycles. The van der Waals surface area contributed by atoms with Crippen molar-refractivity contribution in [2.75, 3.05) is 36.5 Å². The minimum Gasteiger partial charge on any atom is -0.406 e. The highest BCUT2D eigenvalue weighted by molar-refractivity contribution is 6.05. The van der Waals surface area contributed by atoms with E-state index in [1.165, 1.54) is 24.7 Å². The van der Waals surface area contributed by atoms with Gasteiger partial charge >= 0.3 is 6.36 Å². The van der Waals surface area contributed by atoms with Crippen molar-refractivity contribution in [1.29, 1.82) is 0 Å². The minimum absolute atomic E-state index is 0.157. The summed E-state index contributed by atoms with van der Waals surface area (Å²) in [6, 6.07) is 6.64. The first-order chi connectivity index (χ1) is 16.3. The summed E-state index contributed by atoms with van der Waals surface area (Å²) in [4.78, 5) is 27.8. The van der Waals surface area contributed by atoms with Crippen LogP contribution in [0, 0.1) is 5.41 Å². The number of hydrogen-bond donors (Lipinski definition) is 1. The van der Waals surface area contributed by atoms with Crippen molar-refractivity contribution in [3.8, 4) is 16.9 Å². The van der Waals surface area contributed by atoms with Gasteiger partial charge in [0, 0.05) is 53.9 Å². The third kappa shape index (κ3) is 4.65. The predicted molar refractivity (Wildman–Crippen MR) is 116 cm³/mol. The molecule has 1 N–H and O–H groups in total. The first-order valence-corrected chi connectivity index (χ1v) is 10.6. The number of carbonyl (C=O) groups is 1. The summed E-state index contributed by atoms with van der Waals surface area (Å²) in [6.07, 6.45) is 2.46. The summed E-state index contributed by atoms with van der Waals surface area (Å²) in [7, 11) is 0. The van der Waals surface area contributed by atoms with Gasteiger partial charge in [0.15, 0.2) is 0 Å². The fourth-order valence-electron chi connectivity index (χ4n) is 4.17. The lowest BCUT2D eigenvalue weighted by Crippen LogP contribution is -2.44. The van der Waals surface area contributed by atoms with Crippen LogP contribution in [0.25, 0.3) is 11.1 Å². The predicted octanol–water partition coefficient (Wildman–Crippen LogP) is 3.92. The SMILES string of the molecule is O=C(Nc1ccc(OC(F)(F)F)cc1)c1cnc(N2CCC3(COC3)C2)c(-c2cncnc2)c1. The topological polar surface area (TPSA) is 89.5 Å². The van der Waals surface area contributed by atoms with Gasteiger partial charge in [-0.25, -0.2) is 15.0 Å². The van der Waals surface area contributed by atoms with Gasteiger partial charge < -0.3 is 19.7 Å². The molecule has 34 heavy (non-hydrogen) atoms. The Hall–Kier alpha value is -3.73. The molecule has 176 valence electrons. The number of carbonyl (C=O) groups excluding carboxylic acids is 1. The van der Waals surface area contributed by atoms with Crippen molar-refractivity contribution in [2.45, 2.75) is 12.8 Å². The summed E-state index contributed by atoms with van der Waals surface area (Å²) < 4.78 is 46.3. The largest absolute Gasteiger partial charge is 0.573 e. The zero-order chi connectivity index (χ0) is 23.8. The van der Waals surface area contributed by atoms with Crippen LogP contribution in [0.3, 0.4) is 0 Å². The molecule has 2 fully saturated rings. The number of pyridine rings is 1. The Morgan fingerprint density at radius 2 is 1.85 bits per heavy atom. The smallest absolute Gasteiger partial charge is 0.406 e. The molecule has 11 heteroatoms. The molecule has 0 unspecified atom stereocenters. The number of anilines is 2. The minimum atomic E-state index is -4.78. The second kappa shape index (κ2) is 8.56. The summed E-state index contributed by atoms with van der Waals surface area (Å²) in [5.41, 5.74) is 2.21.